The lowest BCUT2D eigenvalue weighted by Gasteiger charge is -2.17. The van der Waals surface area contributed by atoms with Gasteiger partial charge in [-0.3, -0.25) is 4.79 Å². The van der Waals surface area contributed by atoms with E-state index in [1.807, 2.05) is 31.2 Å². The van der Waals surface area contributed by atoms with Gasteiger partial charge in [0, 0.05) is 19.7 Å². The van der Waals surface area contributed by atoms with Crippen LogP contribution in [0.2, 0.25) is 0 Å². The predicted molar refractivity (Wildman–Crippen MR) is 78.3 cm³/mol. The molecule has 0 aliphatic rings. The van der Waals surface area contributed by atoms with Crippen molar-refractivity contribution in [3.8, 4) is 0 Å². The number of carboxylic acid groups (broad SMARTS) is 1. The van der Waals surface area contributed by atoms with Crippen molar-refractivity contribution in [1.82, 2.24) is 4.98 Å². The van der Waals surface area contributed by atoms with E-state index in [9.17, 15) is 9.59 Å². The summed E-state index contributed by atoms with van der Waals surface area (Å²) in [4.78, 5) is 28.7. The number of hydrogen-bond acceptors (Lipinski definition) is 5. The standard InChI is InChI=1S/C14H14N2O3S/c1-8-6-4-5-7-10(8)16(3)14-15-11(13(18)19)12(20-14)9(2)17/h4-7H,1-3H3,(H,18,19). The fraction of sp³-hybridized carbons (Fsp3) is 0.214. The SMILES string of the molecule is CC(=O)c1sc(N(C)c2ccccc2C)nc1C(=O)O. The van der Waals surface area contributed by atoms with E-state index >= 15 is 0 Å². The topological polar surface area (TPSA) is 70.5 Å². The van der Waals surface area contributed by atoms with Crippen LogP contribution in [0.3, 0.4) is 0 Å². The Morgan fingerprint density at radius 1 is 1.30 bits per heavy atom. The smallest absolute Gasteiger partial charge is 0.356 e. The monoisotopic (exact) mass is 290 g/mol. The van der Waals surface area contributed by atoms with Crippen molar-refractivity contribution in [3.05, 3.63) is 40.4 Å². The first-order valence-electron chi connectivity index (χ1n) is 5.96. The number of nitrogens with zero attached hydrogens (tertiary/aromatic N) is 2. The van der Waals surface area contributed by atoms with E-state index in [2.05, 4.69) is 4.98 Å². The molecular formula is C14H14N2O3S. The molecule has 20 heavy (non-hydrogen) atoms. The number of para-hydroxylation sites is 1. The minimum Gasteiger partial charge on any atom is -0.476 e. The van der Waals surface area contributed by atoms with Gasteiger partial charge in [0.05, 0.1) is 0 Å². The molecular weight excluding hydrogens is 276 g/mol. The van der Waals surface area contributed by atoms with Gasteiger partial charge in [0.1, 0.15) is 4.88 Å². The van der Waals surface area contributed by atoms with Gasteiger partial charge in [0.2, 0.25) is 0 Å². The van der Waals surface area contributed by atoms with Crippen LogP contribution in [0.15, 0.2) is 24.3 Å². The average Bonchev–Trinajstić information content (AvgIpc) is 2.84. The fourth-order valence-electron chi connectivity index (χ4n) is 1.88. The van der Waals surface area contributed by atoms with Gasteiger partial charge in [0.25, 0.3) is 0 Å². The molecule has 1 aromatic heterocycles. The summed E-state index contributed by atoms with van der Waals surface area (Å²) < 4.78 is 0. The molecule has 2 aromatic rings. The minimum absolute atomic E-state index is 0.174. The van der Waals surface area contributed by atoms with Crippen LogP contribution in [0, 0.1) is 6.92 Å². The van der Waals surface area contributed by atoms with Crippen molar-refractivity contribution in [2.24, 2.45) is 0 Å². The number of aromatic carboxylic acids is 1. The maximum Gasteiger partial charge on any atom is 0.356 e. The van der Waals surface area contributed by atoms with Crippen LogP contribution in [-0.4, -0.2) is 28.9 Å². The summed E-state index contributed by atoms with van der Waals surface area (Å²) in [6.07, 6.45) is 0. The number of anilines is 2. The Morgan fingerprint density at radius 3 is 2.45 bits per heavy atom. The summed E-state index contributed by atoms with van der Waals surface area (Å²) >= 11 is 1.09. The van der Waals surface area contributed by atoms with Crippen LogP contribution in [0.1, 0.15) is 32.6 Å². The molecule has 5 nitrogen and oxygen atoms in total. The van der Waals surface area contributed by atoms with Crippen LogP contribution in [0.25, 0.3) is 0 Å². The number of hydrogen-bond donors (Lipinski definition) is 1. The van der Waals surface area contributed by atoms with E-state index in [0.717, 1.165) is 22.6 Å². The van der Waals surface area contributed by atoms with Crippen molar-refractivity contribution in [1.29, 1.82) is 0 Å². The molecule has 0 radical (unpaired) electrons. The highest BCUT2D eigenvalue weighted by atomic mass is 32.1. The average molecular weight is 290 g/mol. The van der Waals surface area contributed by atoms with E-state index in [1.165, 1.54) is 6.92 Å². The third-order valence-electron chi connectivity index (χ3n) is 2.90. The quantitative estimate of drug-likeness (QED) is 0.876. The van der Waals surface area contributed by atoms with Gasteiger partial charge in [0.15, 0.2) is 16.6 Å². The molecule has 1 N–H and O–H groups in total. The van der Waals surface area contributed by atoms with Gasteiger partial charge in [-0.25, -0.2) is 9.78 Å². The molecule has 0 aliphatic heterocycles. The molecule has 0 saturated heterocycles. The summed E-state index contributed by atoms with van der Waals surface area (Å²) in [5.41, 5.74) is 1.79. The first-order chi connectivity index (χ1) is 9.41. The van der Waals surface area contributed by atoms with E-state index in [0.29, 0.717) is 5.13 Å². The van der Waals surface area contributed by atoms with Crippen LogP contribution in [0.5, 0.6) is 0 Å². The van der Waals surface area contributed by atoms with Gasteiger partial charge in [-0.15, -0.1) is 0 Å². The second-order valence-electron chi connectivity index (χ2n) is 4.38. The Balaban J connectivity index is 2.48. The molecule has 0 aliphatic carbocycles. The Morgan fingerprint density at radius 2 is 1.95 bits per heavy atom. The van der Waals surface area contributed by atoms with Gasteiger partial charge >= 0.3 is 5.97 Å². The number of thiazole rings is 1. The maximum absolute atomic E-state index is 11.5. The van der Waals surface area contributed by atoms with Crippen molar-refractivity contribution in [2.45, 2.75) is 13.8 Å². The molecule has 0 fully saturated rings. The lowest BCUT2D eigenvalue weighted by Crippen LogP contribution is -2.11. The summed E-state index contributed by atoms with van der Waals surface area (Å²) in [6, 6.07) is 7.71. The third-order valence-corrected chi connectivity index (χ3v) is 4.13. The normalized spacial score (nSPS) is 10.3. The molecule has 0 bridgehead atoms. The fourth-order valence-corrected chi connectivity index (χ4v) is 2.81. The molecule has 0 atom stereocenters. The van der Waals surface area contributed by atoms with E-state index in [4.69, 9.17) is 5.11 Å². The molecule has 104 valence electrons. The van der Waals surface area contributed by atoms with Crippen molar-refractivity contribution in [3.63, 3.8) is 0 Å². The number of rotatable bonds is 4. The zero-order valence-electron chi connectivity index (χ0n) is 11.4. The molecule has 0 unspecified atom stereocenters. The minimum atomic E-state index is -1.18. The number of aromatic nitrogens is 1. The number of carbonyl (C=O) groups excluding carboxylic acids is 1. The Kier molecular flexibility index (Phi) is 3.85. The number of benzene rings is 1. The van der Waals surface area contributed by atoms with Gasteiger partial charge < -0.3 is 10.0 Å². The van der Waals surface area contributed by atoms with Crippen molar-refractivity contribution >= 4 is 33.9 Å². The Labute approximate surface area is 120 Å². The van der Waals surface area contributed by atoms with Gasteiger partial charge in [-0.1, -0.05) is 29.5 Å². The third kappa shape index (κ3) is 2.55. The second kappa shape index (κ2) is 5.42. The predicted octanol–water partition coefficient (Wildman–Crippen LogP) is 3.12. The summed E-state index contributed by atoms with van der Waals surface area (Å²) in [5.74, 6) is -1.47. The van der Waals surface area contributed by atoms with Gasteiger partial charge in [-0.05, 0) is 18.6 Å². The first-order valence-corrected chi connectivity index (χ1v) is 6.78. The number of aryl methyl sites for hydroxylation is 1. The number of carboxylic acids is 1. The lowest BCUT2D eigenvalue weighted by atomic mass is 10.2. The molecule has 2 rings (SSSR count). The number of ketones is 1. The zero-order chi connectivity index (χ0) is 14.9. The largest absolute Gasteiger partial charge is 0.476 e. The first kappa shape index (κ1) is 14.2. The second-order valence-corrected chi connectivity index (χ2v) is 5.36. The van der Waals surface area contributed by atoms with Crippen molar-refractivity contribution in [2.75, 3.05) is 11.9 Å². The maximum atomic E-state index is 11.5. The Bertz CT molecular complexity index is 647. The van der Waals surface area contributed by atoms with Crippen LogP contribution < -0.4 is 4.90 Å². The summed E-state index contributed by atoms with van der Waals surface area (Å²) in [6.45, 7) is 3.31. The molecule has 0 spiro atoms. The molecule has 0 amide bonds. The molecule has 0 saturated carbocycles. The summed E-state index contributed by atoms with van der Waals surface area (Å²) in [7, 11) is 1.80. The number of carbonyl (C=O) groups is 2. The van der Waals surface area contributed by atoms with Crippen LogP contribution >= 0.6 is 11.3 Å². The van der Waals surface area contributed by atoms with Gasteiger partial charge in [-0.2, -0.15) is 0 Å². The van der Waals surface area contributed by atoms with Crippen LogP contribution in [0.4, 0.5) is 10.8 Å². The molecule has 1 aromatic carbocycles. The Hall–Kier alpha value is -2.21. The zero-order valence-corrected chi connectivity index (χ0v) is 12.2. The lowest BCUT2D eigenvalue weighted by molar-refractivity contribution is 0.0687. The van der Waals surface area contributed by atoms with E-state index < -0.39 is 5.97 Å². The van der Waals surface area contributed by atoms with E-state index in [-0.39, 0.29) is 16.4 Å². The van der Waals surface area contributed by atoms with Crippen LogP contribution in [-0.2, 0) is 0 Å². The van der Waals surface area contributed by atoms with E-state index in [1.54, 1.807) is 11.9 Å². The van der Waals surface area contributed by atoms with Crippen molar-refractivity contribution < 1.29 is 14.7 Å². The highest BCUT2D eigenvalue weighted by molar-refractivity contribution is 7.17. The number of Topliss-reactive ketones (excluding diaryl/α,β-unsaturated/α-hetero) is 1. The highest BCUT2D eigenvalue weighted by Gasteiger charge is 2.22. The highest BCUT2D eigenvalue weighted by Crippen LogP contribution is 2.32. The molecule has 6 heteroatoms. The summed E-state index contributed by atoms with van der Waals surface area (Å²) in [5, 5.41) is 9.60. The molecule has 1 heterocycles.